The van der Waals surface area contributed by atoms with Crippen molar-refractivity contribution in [3.05, 3.63) is 107 Å². The van der Waals surface area contributed by atoms with Gasteiger partial charge < -0.3 is 19.7 Å². The molecule has 0 unspecified atom stereocenters. The van der Waals surface area contributed by atoms with Gasteiger partial charge in [0.15, 0.2) is 17.3 Å². The van der Waals surface area contributed by atoms with Gasteiger partial charge in [0, 0.05) is 39.2 Å². The molecule has 0 saturated carbocycles. The van der Waals surface area contributed by atoms with Crippen molar-refractivity contribution < 1.29 is 23.5 Å². The van der Waals surface area contributed by atoms with Crippen molar-refractivity contribution in [1.29, 1.82) is 0 Å². The SMILES string of the molecule is C=C(COC)/C(=C\N(C)Cc1ccc(CC/C=C\C=C/C(C)=O)cc1)C(=O)NCc1nccc(OC)c1F. The summed E-state index contributed by atoms with van der Waals surface area (Å²) in [7, 11) is 4.76. The fourth-order valence-electron chi connectivity index (χ4n) is 3.55. The number of amides is 1. The van der Waals surface area contributed by atoms with Crippen molar-refractivity contribution in [2.75, 3.05) is 27.9 Å². The van der Waals surface area contributed by atoms with Crippen molar-refractivity contribution in [2.24, 2.45) is 0 Å². The number of aryl methyl sites for hydroxylation is 1. The topological polar surface area (TPSA) is 80.8 Å². The first-order valence-electron chi connectivity index (χ1n) is 12.2. The zero-order valence-electron chi connectivity index (χ0n) is 22.5. The van der Waals surface area contributed by atoms with E-state index in [0.29, 0.717) is 17.7 Å². The zero-order chi connectivity index (χ0) is 27.9. The number of allylic oxidation sites excluding steroid dienone is 4. The molecule has 0 aliphatic heterocycles. The van der Waals surface area contributed by atoms with Gasteiger partial charge in [-0.15, -0.1) is 0 Å². The Morgan fingerprint density at radius 3 is 2.50 bits per heavy atom. The number of nitrogens with zero attached hydrogens (tertiary/aromatic N) is 2. The van der Waals surface area contributed by atoms with E-state index in [-0.39, 0.29) is 30.4 Å². The molecular formula is C30H36FN3O4. The summed E-state index contributed by atoms with van der Waals surface area (Å²) in [5, 5.41) is 2.71. The second kappa shape index (κ2) is 15.9. The Kier molecular flexibility index (Phi) is 12.7. The molecule has 38 heavy (non-hydrogen) atoms. The van der Waals surface area contributed by atoms with Gasteiger partial charge in [-0.25, -0.2) is 4.39 Å². The number of ketones is 1. The number of aromatic nitrogens is 1. The molecule has 1 aromatic heterocycles. The predicted octanol–water partition coefficient (Wildman–Crippen LogP) is 4.70. The van der Waals surface area contributed by atoms with E-state index in [1.165, 1.54) is 45.0 Å². The van der Waals surface area contributed by atoms with E-state index in [4.69, 9.17) is 9.47 Å². The Labute approximate surface area is 224 Å². The quantitative estimate of drug-likeness (QED) is 0.270. The van der Waals surface area contributed by atoms with Gasteiger partial charge >= 0.3 is 0 Å². The Bertz CT molecular complexity index is 1190. The Balaban J connectivity index is 2.02. The molecule has 0 aliphatic carbocycles. The summed E-state index contributed by atoms with van der Waals surface area (Å²) in [6.07, 6.45) is 12.1. The number of hydrogen-bond donors (Lipinski definition) is 1. The lowest BCUT2D eigenvalue weighted by atomic mass is 10.1. The molecule has 1 aromatic carbocycles. The van der Waals surface area contributed by atoms with Gasteiger partial charge in [-0.2, -0.15) is 0 Å². The highest BCUT2D eigenvalue weighted by molar-refractivity contribution is 5.97. The van der Waals surface area contributed by atoms with Crippen LogP contribution in [0.3, 0.4) is 0 Å². The number of carbonyl (C=O) groups is 2. The summed E-state index contributed by atoms with van der Waals surface area (Å²) >= 11 is 0. The third-order valence-electron chi connectivity index (χ3n) is 5.49. The predicted molar refractivity (Wildman–Crippen MR) is 147 cm³/mol. The molecule has 0 atom stereocenters. The van der Waals surface area contributed by atoms with Crippen LogP contribution >= 0.6 is 0 Å². The molecule has 7 nitrogen and oxygen atoms in total. The lowest BCUT2D eigenvalue weighted by molar-refractivity contribution is -0.117. The molecule has 2 aromatic rings. The number of rotatable bonds is 15. The van der Waals surface area contributed by atoms with Gasteiger partial charge in [0.1, 0.15) is 0 Å². The number of nitrogens with one attached hydrogen (secondary N) is 1. The van der Waals surface area contributed by atoms with Crippen LogP contribution in [0.25, 0.3) is 0 Å². The monoisotopic (exact) mass is 521 g/mol. The van der Waals surface area contributed by atoms with Gasteiger partial charge in [0.05, 0.1) is 31.5 Å². The molecule has 0 fully saturated rings. The van der Waals surface area contributed by atoms with E-state index in [0.717, 1.165) is 18.4 Å². The molecular weight excluding hydrogens is 485 g/mol. The van der Waals surface area contributed by atoms with E-state index >= 15 is 0 Å². The fraction of sp³-hybridized carbons (Fsp3) is 0.300. The first kappa shape index (κ1) is 30.2. The maximum absolute atomic E-state index is 14.4. The Morgan fingerprint density at radius 2 is 1.84 bits per heavy atom. The second-order valence-corrected chi connectivity index (χ2v) is 8.70. The molecule has 0 aliphatic rings. The van der Waals surface area contributed by atoms with Crippen LogP contribution in [-0.4, -0.2) is 49.4 Å². The minimum atomic E-state index is -0.613. The normalized spacial score (nSPS) is 11.7. The Hall–Kier alpha value is -4.04. The van der Waals surface area contributed by atoms with Gasteiger partial charge in [-0.1, -0.05) is 49.1 Å². The highest BCUT2D eigenvalue weighted by Crippen LogP contribution is 2.18. The summed E-state index contributed by atoms with van der Waals surface area (Å²) in [4.78, 5) is 29.8. The van der Waals surface area contributed by atoms with E-state index in [2.05, 4.69) is 41.1 Å². The van der Waals surface area contributed by atoms with Crippen molar-refractivity contribution in [3.63, 3.8) is 0 Å². The summed E-state index contributed by atoms with van der Waals surface area (Å²) in [6.45, 7) is 6.14. The van der Waals surface area contributed by atoms with Gasteiger partial charge in [0.2, 0.25) is 0 Å². The molecule has 1 amide bonds. The smallest absolute Gasteiger partial charge is 0.253 e. The van der Waals surface area contributed by atoms with E-state index in [1.54, 1.807) is 12.3 Å². The van der Waals surface area contributed by atoms with Gasteiger partial charge in [-0.3, -0.25) is 14.6 Å². The molecule has 0 radical (unpaired) electrons. The summed E-state index contributed by atoms with van der Waals surface area (Å²) < 4.78 is 24.6. The van der Waals surface area contributed by atoms with Crippen LogP contribution < -0.4 is 10.1 Å². The molecule has 8 heteroatoms. The summed E-state index contributed by atoms with van der Waals surface area (Å²) in [5.41, 5.74) is 3.19. The van der Waals surface area contributed by atoms with Crippen LogP contribution in [0.5, 0.6) is 5.75 Å². The standard InChI is InChI=1S/C30H36FN3O4/c1-22(21-37-4)26(30(36)33-18-27-29(31)28(38-5)16-17-32-27)20-34(3)19-25-14-12-24(13-15-25)11-9-7-6-8-10-23(2)35/h6-8,10,12-17,20H,1,9,11,18-19,21H2,2-5H3,(H,33,36)/b7-6-,10-8-,26-20+. The number of hydrogen-bond acceptors (Lipinski definition) is 6. The zero-order valence-corrected chi connectivity index (χ0v) is 22.5. The van der Waals surface area contributed by atoms with Crippen molar-refractivity contribution >= 4 is 11.7 Å². The first-order chi connectivity index (χ1) is 18.2. The van der Waals surface area contributed by atoms with Crippen molar-refractivity contribution in [3.8, 4) is 5.75 Å². The van der Waals surface area contributed by atoms with Crippen LogP contribution in [0, 0.1) is 5.82 Å². The average Bonchev–Trinajstić information content (AvgIpc) is 2.89. The maximum atomic E-state index is 14.4. The van der Waals surface area contributed by atoms with Crippen LogP contribution in [0.15, 0.2) is 84.8 Å². The van der Waals surface area contributed by atoms with E-state index in [9.17, 15) is 14.0 Å². The van der Waals surface area contributed by atoms with E-state index in [1.807, 2.05) is 24.1 Å². The minimum Gasteiger partial charge on any atom is -0.494 e. The van der Waals surface area contributed by atoms with Crippen LogP contribution in [0.2, 0.25) is 0 Å². The number of ether oxygens (including phenoxy) is 2. The average molecular weight is 522 g/mol. The maximum Gasteiger partial charge on any atom is 0.253 e. The summed E-state index contributed by atoms with van der Waals surface area (Å²) in [5.74, 6) is -0.933. The lowest BCUT2D eigenvalue weighted by Crippen LogP contribution is -2.28. The summed E-state index contributed by atoms with van der Waals surface area (Å²) in [6, 6.07) is 9.69. The first-order valence-corrected chi connectivity index (χ1v) is 12.2. The van der Waals surface area contributed by atoms with Gasteiger partial charge in [-0.05, 0) is 42.5 Å². The number of pyridine rings is 1. The number of benzene rings is 1. The number of carbonyl (C=O) groups excluding carboxylic acids is 2. The van der Waals surface area contributed by atoms with E-state index < -0.39 is 11.7 Å². The molecule has 202 valence electrons. The lowest BCUT2D eigenvalue weighted by Gasteiger charge is -2.18. The van der Waals surface area contributed by atoms with Gasteiger partial charge in [0.25, 0.3) is 5.91 Å². The second-order valence-electron chi connectivity index (χ2n) is 8.70. The third-order valence-corrected chi connectivity index (χ3v) is 5.49. The number of methoxy groups -OCH3 is 2. The highest BCUT2D eigenvalue weighted by Gasteiger charge is 2.17. The van der Waals surface area contributed by atoms with Crippen molar-refractivity contribution in [1.82, 2.24) is 15.2 Å². The minimum absolute atomic E-state index is 0.0294. The molecule has 0 saturated heterocycles. The third kappa shape index (κ3) is 10.1. The largest absolute Gasteiger partial charge is 0.494 e. The molecule has 0 bridgehead atoms. The van der Waals surface area contributed by atoms with Crippen molar-refractivity contribution in [2.45, 2.75) is 32.9 Å². The molecule has 1 N–H and O–H groups in total. The Morgan fingerprint density at radius 1 is 1.13 bits per heavy atom. The van der Waals surface area contributed by atoms with Crippen LogP contribution in [0.4, 0.5) is 4.39 Å². The van der Waals surface area contributed by atoms with Crippen LogP contribution in [-0.2, 0) is 33.8 Å². The molecule has 2 rings (SSSR count). The highest BCUT2D eigenvalue weighted by atomic mass is 19.1. The number of halogens is 1. The molecule has 1 heterocycles. The van der Waals surface area contributed by atoms with Crippen LogP contribution in [0.1, 0.15) is 30.2 Å². The molecule has 0 spiro atoms. The fourth-order valence-corrected chi connectivity index (χ4v) is 3.55.